The number of ketones is 3. The van der Waals surface area contributed by atoms with Gasteiger partial charge in [0, 0.05) is 47.2 Å². The van der Waals surface area contributed by atoms with Crippen molar-refractivity contribution in [3.8, 4) is 0 Å². The van der Waals surface area contributed by atoms with Crippen LogP contribution < -0.4 is 10.6 Å². The van der Waals surface area contributed by atoms with Gasteiger partial charge in [-0.3, -0.25) is 24.0 Å². The molecule has 3 rings (SSSR count). The van der Waals surface area contributed by atoms with Crippen molar-refractivity contribution in [2.45, 2.75) is 164 Å². The second-order valence-corrected chi connectivity index (χ2v) is 17.7. The lowest BCUT2D eigenvalue weighted by Crippen LogP contribution is -2.45. The Morgan fingerprint density at radius 3 is 2.14 bits per heavy atom. The third-order valence-corrected chi connectivity index (χ3v) is 10.8. The summed E-state index contributed by atoms with van der Waals surface area (Å²) < 4.78 is 5.52. The lowest BCUT2D eigenvalue weighted by atomic mass is 9.83. The molecular weight excluding hydrogens is 719 g/mol. The van der Waals surface area contributed by atoms with Gasteiger partial charge in [0.05, 0.1) is 18.0 Å². The number of rotatable bonds is 20. The molecule has 1 aliphatic carbocycles. The van der Waals surface area contributed by atoms with Crippen molar-refractivity contribution in [2.75, 3.05) is 6.54 Å². The summed E-state index contributed by atoms with van der Waals surface area (Å²) in [7, 11) is 0. The third-order valence-electron chi connectivity index (χ3n) is 10.8. The number of carbonyl (C=O) groups excluding carboxylic acids is 6. The predicted octanol–water partition coefficient (Wildman–Crippen LogP) is 8.58. The van der Waals surface area contributed by atoms with Gasteiger partial charge < -0.3 is 20.3 Å². The maximum Gasteiger partial charge on any atom is 0.408 e. The van der Waals surface area contributed by atoms with Crippen molar-refractivity contribution in [1.29, 1.82) is 0 Å². The van der Waals surface area contributed by atoms with E-state index in [9.17, 15) is 28.8 Å². The number of ether oxygens (including phenoxy) is 1. The van der Waals surface area contributed by atoms with Crippen LogP contribution in [0, 0.1) is 17.8 Å². The molecule has 1 saturated heterocycles. The standard InChI is InChI=1S/C47H69N3O7/c1-30(2)27-38(49-46(56)57-47(8,9)10)25-24-37(28-35-19-14-13-15-20-35)45(55)50-26-18-23-40(50)41(51)29-36(44(54)48-31(3)4)21-16-11-12-17-22-39-34(7)42(52)32(5)33(6)43(39)53/h13-15,19-20,24-25,30-31,36-38,40H,11-12,16-18,21-23,26-29H2,1-10H3,(H,48,54)(H,49,56)/b25-24+/t36-,37-,38-,40+/m1/s1. The second kappa shape index (κ2) is 22.0. The summed E-state index contributed by atoms with van der Waals surface area (Å²) >= 11 is 0. The maximum absolute atomic E-state index is 14.4. The quantitative estimate of drug-likeness (QED) is 0.0767. The minimum absolute atomic E-state index is 0.0408. The molecule has 4 atom stereocenters. The minimum Gasteiger partial charge on any atom is -0.444 e. The van der Waals surface area contributed by atoms with E-state index in [0.717, 1.165) is 31.2 Å². The Balaban J connectivity index is 1.72. The van der Waals surface area contributed by atoms with E-state index in [4.69, 9.17) is 4.74 Å². The summed E-state index contributed by atoms with van der Waals surface area (Å²) in [5, 5.41) is 5.96. The van der Waals surface area contributed by atoms with Crippen molar-refractivity contribution in [2.24, 2.45) is 17.8 Å². The van der Waals surface area contributed by atoms with Gasteiger partial charge in [-0.05, 0) is 112 Å². The third kappa shape index (κ3) is 14.8. The molecule has 10 nitrogen and oxygen atoms in total. The first kappa shape index (κ1) is 47.0. The van der Waals surface area contributed by atoms with Gasteiger partial charge in [-0.2, -0.15) is 0 Å². The van der Waals surface area contributed by atoms with Gasteiger partial charge >= 0.3 is 6.09 Å². The van der Waals surface area contributed by atoms with E-state index in [2.05, 4.69) is 24.5 Å². The molecular formula is C47H69N3O7. The van der Waals surface area contributed by atoms with Gasteiger partial charge in [0.15, 0.2) is 17.3 Å². The number of nitrogens with one attached hydrogen (secondary N) is 2. The number of unbranched alkanes of at least 4 members (excludes halogenated alkanes) is 3. The number of allylic oxidation sites excluding steroid dienone is 4. The molecule has 0 aromatic heterocycles. The summed E-state index contributed by atoms with van der Waals surface area (Å²) in [6.07, 6.45) is 9.85. The van der Waals surface area contributed by atoms with E-state index >= 15 is 0 Å². The summed E-state index contributed by atoms with van der Waals surface area (Å²) in [4.78, 5) is 81.8. The van der Waals surface area contributed by atoms with Gasteiger partial charge in [0.25, 0.3) is 0 Å². The molecule has 314 valence electrons. The van der Waals surface area contributed by atoms with Crippen LogP contribution in [0.25, 0.3) is 0 Å². The molecule has 0 spiro atoms. The lowest BCUT2D eigenvalue weighted by Gasteiger charge is -2.29. The molecule has 1 heterocycles. The zero-order chi connectivity index (χ0) is 42.4. The van der Waals surface area contributed by atoms with E-state index < -0.39 is 29.6 Å². The Kier molecular flexibility index (Phi) is 18.1. The summed E-state index contributed by atoms with van der Waals surface area (Å²) in [5.41, 5.74) is 2.53. The molecule has 2 aliphatic rings. The van der Waals surface area contributed by atoms with Crippen LogP contribution in [-0.4, -0.2) is 70.4 Å². The summed E-state index contributed by atoms with van der Waals surface area (Å²) in [6, 6.07) is 8.73. The fourth-order valence-electron chi connectivity index (χ4n) is 7.71. The molecule has 0 saturated carbocycles. The van der Waals surface area contributed by atoms with Crippen molar-refractivity contribution in [3.05, 3.63) is 70.3 Å². The first-order valence-corrected chi connectivity index (χ1v) is 21.1. The van der Waals surface area contributed by atoms with Crippen molar-refractivity contribution >= 4 is 35.3 Å². The zero-order valence-electron chi connectivity index (χ0n) is 36.3. The van der Waals surface area contributed by atoms with Gasteiger partial charge in [-0.1, -0.05) is 75.6 Å². The normalized spacial score (nSPS) is 18.1. The van der Waals surface area contributed by atoms with Crippen molar-refractivity contribution in [1.82, 2.24) is 15.5 Å². The number of nitrogens with zero attached hydrogens (tertiary/aromatic N) is 1. The molecule has 2 N–H and O–H groups in total. The molecule has 1 fully saturated rings. The Labute approximate surface area is 341 Å². The molecule has 1 aromatic rings. The van der Waals surface area contributed by atoms with E-state index in [-0.39, 0.29) is 53.6 Å². The first-order chi connectivity index (χ1) is 26.8. The Hall–Kier alpha value is -4.34. The number of Topliss-reactive ketones (excluding diaryl/α,β-unsaturated/α-hetero) is 3. The lowest BCUT2D eigenvalue weighted by molar-refractivity contribution is -0.140. The van der Waals surface area contributed by atoms with Gasteiger partial charge in [0.2, 0.25) is 11.8 Å². The molecule has 1 aliphatic heterocycles. The predicted molar refractivity (Wildman–Crippen MR) is 225 cm³/mol. The SMILES string of the molecule is CC1=C(C)C(=O)C(CCCCCC[C@H](CC(=O)[C@@H]2CCCN2C(=O)[C@H](/C=C/[C@H](CC(C)C)NC(=O)OC(C)(C)C)Cc2ccccc2)C(=O)NC(C)C)=C(C)C1=O. The monoisotopic (exact) mass is 788 g/mol. The van der Waals surface area contributed by atoms with Crippen LogP contribution in [0.1, 0.15) is 139 Å². The Morgan fingerprint density at radius 1 is 0.860 bits per heavy atom. The number of benzene rings is 1. The van der Waals surface area contributed by atoms with E-state index in [1.807, 2.05) is 77.1 Å². The van der Waals surface area contributed by atoms with Crippen molar-refractivity contribution < 1.29 is 33.5 Å². The highest BCUT2D eigenvalue weighted by atomic mass is 16.6. The van der Waals surface area contributed by atoms with Crippen LogP contribution in [0.3, 0.4) is 0 Å². The number of amides is 3. The van der Waals surface area contributed by atoms with Crippen LogP contribution in [0.5, 0.6) is 0 Å². The summed E-state index contributed by atoms with van der Waals surface area (Å²) in [5.74, 6) is -1.31. The van der Waals surface area contributed by atoms with Gasteiger partial charge in [-0.15, -0.1) is 0 Å². The molecule has 0 unspecified atom stereocenters. The molecule has 1 aromatic carbocycles. The maximum atomic E-state index is 14.4. The van der Waals surface area contributed by atoms with Gasteiger partial charge in [0.1, 0.15) is 5.60 Å². The second-order valence-electron chi connectivity index (χ2n) is 17.7. The Morgan fingerprint density at radius 2 is 1.51 bits per heavy atom. The zero-order valence-corrected chi connectivity index (χ0v) is 36.3. The molecule has 0 radical (unpaired) electrons. The number of alkyl carbamates (subject to hydrolysis) is 1. The minimum atomic E-state index is -0.650. The topological polar surface area (TPSA) is 139 Å². The fourth-order valence-corrected chi connectivity index (χ4v) is 7.71. The fraction of sp³-hybridized carbons (Fsp3) is 0.617. The smallest absolute Gasteiger partial charge is 0.408 e. The largest absolute Gasteiger partial charge is 0.444 e. The first-order valence-electron chi connectivity index (χ1n) is 21.1. The van der Waals surface area contributed by atoms with Crippen molar-refractivity contribution in [3.63, 3.8) is 0 Å². The van der Waals surface area contributed by atoms with E-state index in [0.29, 0.717) is 67.4 Å². The molecule has 57 heavy (non-hydrogen) atoms. The van der Waals surface area contributed by atoms with Crippen LogP contribution in [0.2, 0.25) is 0 Å². The van der Waals surface area contributed by atoms with Crippen LogP contribution in [0.4, 0.5) is 4.79 Å². The summed E-state index contributed by atoms with van der Waals surface area (Å²) in [6.45, 7) is 19.0. The molecule has 10 heteroatoms. The highest BCUT2D eigenvalue weighted by molar-refractivity contribution is 6.24. The highest BCUT2D eigenvalue weighted by Crippen LogP contribution is 2.29. The Bertz CT molecular complexity index is 1680. The highest BCUT2D eigenvalue weighted by Gasteiger charge is 2.38. The number of likely N-dealkylation sites (tertiary alicyclic amines) is 1. The number of carbonyl (C=O) groups is 6. The average Bonchev–Trinajstić information content (AvgIpc) is 3.63. The molecule has 3 amide bonds. The van der Waals surface area contributed by atoms with Crippen LogP contribution >= 0.6 is 0 Å². The number of hydrogen-bond acceptors (Lipinski definition) is 7. The number of hydrogen-bond donors (Lipinski definition) is 2. The van der Waals surface area contributed by atoms with E-state index in [1.165, 1.54) is 0 Å². The van der Waals surface area contributed by atoms with Crippen LogP contribution in [-0.2, 0) is 35.1 Å². The van der Waals surface area contributed by atoms with E-state index in [1.54, 1.807) is 25.7 Å². The van der Waals surface area contributed by atoms with Crippen LogP contribution in [0.15, 0.2) is 64.8 Å². The van der Waals surface area contributed by atoms with Gasteiger partial charge in [-0.25, -0.2) is 4.79 Å². The molecule has 0 bridgehead atoms. The average molecular weight is 788 g/mol.